The van der Waals surface area contributed by atoms with Crippen LogP contribution >= 0.6 is 43.6 Å². The maximum absolute atomic E-state index is 11.2. The van der Waals surface area contributed by atoms with Crippen molar-refractivity contribution in [3.05, 3.63) is 0 Å². The summed E-state index contributed by atoms with van der Waals surface area (Å²) in [7, 11) is 0. The Morgan fingerprint density at radius 1 is 1.12 bits per heavy atom. The van der Waals surface area contributed by atoms with Gasteiger partial charge in [-0.05, 0) is 13.8 Å². The number of hydrogen-bond donors (Lipinski definition) is 0. The third kappa shape index (κ3) is 8.41. The van der Waals surface area contributed by atoms with E-state index in [9.17, 15) is 9.59 Å². The summed E-state index contributed by atoms with van der Waals surface area (Å²) in [6.45, 7) is 4.19. The molecule has 7 heteroatoms. The number of thioether (sulfide) groups is 1. The van der Waals surface area contributed by atoms with Crippen LogP contribution in [-0.2, 0) is 19.1 Å². The van der Waals surface area contributed by atoms with Crippen molar-refractivity contribution < 1.29 is 19.1 Å². The SMILES string of the molecule is CCOC(=O)CSC(Br)(Br)CC(=O)OCC. The van der Waals surface area contributed by atoms with E-state index in [2.05, 4.69) is 31.9 Å². The van der Waals surface area contributed by atoms with Gasteiger partial charge in [-0.3, -0.25) is 9.59 Å². The number of carbonyl (C=O) groups excluding carboxylic acids is 2. The number of hydrogen-bond acceptors (Lipinski definition) is 5. The van der Waals surface area contributed by atoms with Gasteiger partial charge in [0.2, 0.25) is 0 Å². The van der Waals surface area contributed by atoms with E-state index in [0.717, 1.165) is 0 Å². The monoisotopic (exact) mass is 376 g/mol. The number of alkyl halides is 2. The summed E-state index contributed by atoms with van der Waals surface area (Å²) in [4.78, 5) is 22.3. The summed E-state index contributed by atoms with van der Waals surface area (Å²) >= 11 is 7.85. The Kier molecular flexibility index (Phi) is 8.49. The summed E-state index contributed by atoms with van der Waals surface area (Å²) in [5.74, 6) is -0.462. The van der Waals surface area contributed by atoms with Gasteiger partial charge in [0.25, 0.3) is 0 Å². The number of carbonyl (C=O) groups is 2. The molecule has 4 nitrogen and oxygen atoms in total. The van der Waals surface area contributed by atoms with Crippen molar-refractivity contribution >= 4 is 55.6 Å². The van der Waals surface area contributed by atoms with Crippen molar-refractivity contribution in [3.8, 4) is 0 Å². The molecule has 0 aromatic rings. The fourth-order valence-corrected chi connectivity index (χ4v) is 2.58. The highest BCUT2D eigenvalue weighted by molar-refractivity contribution is 9.28. The predicted octanol–water partition coefficient (Wildman–Crippen LogP) is 2.68. The van der Waals surface area contributed by atoms with Crippen molar-refractivity contribution in [1.82, 2.24) is 0 Å². The van der Waals surface area contributed by atoms with E-state index in [1.54, 1.807) is 13.8 Å². The van der Waals surface area contributed by atoms with Crippen LogP contribution in [0.1, 0.15) is 20.3 Å². The van der Waals surface area contributed by atoms with Crippen LogP contribution in [-0.4, -0.2) is 33.5 Å². The van der Waals surface area contributed by atoms with Gasteiger partial charge in [0.1, 0.15) is 2.57 Å². The van der Waals surface area contributed by atoms with Crippen LogP contribution in [0.15, 0.2) is 0 Å². The third-order valence-corrected chi connectivity index (χ3v) is 4.24. The van der Waals surface area contributed by atoms with E-state index in [1.807, 2.05) is 0 Å². The van der Waals surface area contributed by atoms with E-state index in [4.69, 9.17) is 9.47 Å². The summed E-state index contributed by atoms with van der Waals surface area (Å²) in [5, 5.41) is 0. The van der Waals surface area contributed by atoms with Gasteiger partial charge in [-0.2, -0.15) is 0 Å². The lowest BCUT2D eigenvalue weighted by Crippen LogP contribution is -2.18. The third-order valence-electron chi connectivity index (χ3n) is 1.36. The Hall–Kier alpha value is 0.250. The molecule has 0 atom stereocenters. The lowest BCUT2D eigenvalue weighted by molar-refractivity contribution is -0.143. The van der Waals surface area contributed by atoms with Crippen molar-refractivity contribution in [2.24, 2.45) is 0 Å². The zero-order chi connectivity index (χ0) is 12.6. The fraction of sp³-hybridized carbons (Fsp3) is 0.778. The second kappa shape index (κ2) is 8.36. The van der Waals surface area contributed by atoms with Crippen molar-refractivity contribution in [2.75, 3.05) is 19.0 Å². The molecule has 0 fully saturated rings. The van der Waals surface area contributed by atoms with Crippen molar-refractivity contribution in [1.29, 1.82) is 0 Å². The molecule has 0 rings (SSSR count). The molecule has 16 heavy (non-hydrogen) atoms. The molecule has 0 radical (unpaired) electrons. The van der Waals surface area contributed by atoms with Gasteiger partial charge in [0, 0.05) is 0 Å². The molecule has 0 saturated heterocycles. The first-order valence-electron chi connectivity index (χ1n) is 4.74. The molecule has 0 aliphatic carbocycles. The summed E-state index contributed by atoms with van der Waals surface area (Å²) in [5.41, 5.74) is 0. The molecule has 0 bridgehead atoms. The predicted molar refractivity (Wildman–Crippen MR) is 70.9 cm³/mol. The summed E-state index contributed by atoms with van der Waals surface area (Å²) in [6.07, 6.45) is 0.130. The Labute approximate surface area is 116 Å². The summed E-state index contributed by atoms with van der Waals surface area (Å²) < 4.78 is 8.89. The van der Waals surface area contributed by atoms with Crippen LogP contribution in [0.3, 0.4) is 0 Å². The fourth-order valence-electron chi connectivity index (χ4n) is 0.798. The highest BCUT2D eigenvalue weighted by Gasteiger charge is 2.29. The second-order valence-corrected chi connectivity index (χ2v) is 8.81. The number of esters is 2. The van der Waals surface area contributed by atoms with Crippen LogP contribution in [0.2, 0.25) is 0 Å². The average molecular weight is 378 g/mol. The molecule has 0 aromatic heterocycles. The normalized spacial score (nSPS) is 11.0. The van der Waals surface area contributed by atoms with Crippen molar-refractivity contribution in [2.45, 2.75) is 22.8 Å². The molecular formula is C9H14Br2O4S. The van der Waals surface area contributed by atoms with E-state index >= 15 is 0 Å². The van der Waals surface area contributed by atoms with Gasteiger partial charge >= 0.3 is 11.9 Å². The Bertz CT molecular complexity index is 246. The van der Waals surface area contributed by atoms with Gasteiger partial charge in [0.05, 0.1) is 25.4 Å². The van der Waals surface area contributed by atoms with Crippen LogP contribution < -0.4 is 0 Å². The molecular weight excluding hydrogens is 364 g/mol. The van der Waals surface area contributed by atoms with Crippen LogP contribution in [0.25, 0.3) is 0 Å². The van der Waals surface area contributed by atoms with Crippen molar-refractivity contribution in [3.63, 3.8) is 0 Å². The lowest BCUT2D eigenvalue weighted by Gasteiger charge is -2.18. The molecule has 94 valence electrons. The largest absolute Gasteiger partial charge is 0.466 e. The zero-order valence-electron chi connectivity index (χ0n) is 9.13. The van der Waals surface area contributed by atoms with E-state index in [0.29, 0.717) is 13.2 Å². The Morgan fingerprint density at radius 3 is 2.12 bits per heavy atom. The standard InChI is InChI=1S/C9H14Br2O4S/c1-3-14-7(12)5-9(10,11)16-6-8(13)15-4-2/h3-6H2,1-2H3. The molecule has 0 spiro atoms. The van der Waals surface area contributed by atoms with Gasteiger partial charge in [-0.1, -0.05) is 31.9 Å². The smallest absolute Gasteiger partial charge is 0.315 e. The van der Waals surface area contributed by atoms with E-state index in [-0.39, 0.29) is 24.1 Å². The molecule has 0 aliphatic heterocycles. The highest BCUT2D eigenvalue weighted by Crippen LogP contribution is 2.42. The maximum Gasteiger partial charge on any atom is 0.315 e. The van der Waals surface area contributed by atoms with E-state index < -0.39 is 2.57 Å². The van der Waals surface area contributed by atoms with E-state index in [1.165, 1.54) is 11.8 Å². The molecule has 0 amide bonds. The Morgan fingerprint density at radius 2 is 1.62 bits per heavy atom. The first-order chi connectivity index (χ1) is 7.41. The molecule has 0 heterocycles. The lowest BCUT2D eigenvalue weighted by atomic mass is 10.5. The molecule has 0 aromatic carbocycles. The summed E-state index contributed by atoms with van der Waals surface area (Å²) in [6, 6.07) is 0. The number of halogens is 2. The Balaban J connectivity index is 3.94. The molecule has 0 aliphatic rings. The first kappa shape index (κ1) is 16.2. The second-order valence-electron chi connectivity index (χ2n) is 2.71. The minimum Gasteiger partial charge on any atom is -0.466 e. The number of rotatable bonds is 7. The minimum absolute atomic E-state index is 0.130. The average Bonchev–Trinajstić information content (AvgIpc) is 2.15. The van der Waals surface area contributed by atoms with Gasteiger partial charge in [-0.25, -0.2) is 0 Å². The highest BCUT2D eigenvalue weighted by atomic mass is 79.9. The maximum atomic E-state index is 11.2. The molecule has 0 unspecified atom stereocenters. The van der Waals surface area contributed by atoms with Crippen LogP contribution in [0.5, 0.6) is 0 Å². The zero-order valence-corrected chi connectivity index (χ0v) is 13.1. The van der Waals surface area contributed by atoms with Crippen LogP contribution in [0, 0.1) is 0 Å². The topological polar surface area (TPSA) is 52.6 Å². The van der Waals surface area contributed by atoms with Gasteiger partial charge in [0.15, 0.2) is 0 Å². The minimum atomic E-state index is -0.682. The molecule has 0 saturated carbocycles. The molecule has 0 N–H and O–H groups in total. The van der Waals surface area contributed by atoms with Crippen LogP contribution in [0.4, 0.5) is 0 Å². The number of ether oxygens (including phenoxy) is 2. The quantitative estimate of drug-likeness (QED) is 0.504. The first-order valence-corrected chi connectivity index (χ1v) is 7.31. The van der Waals surface area contributed by atoms with Gasteiger partial charge < -0.3 is 9.47 Å². The van der Waals surface area contributed by atoms with Gasteiger partial charge in [-0.15, -0.1) is 11.8 Å².